The summed E-state index contributed by atoms with van der Waals surface area (Å²) in [5, 5.41) is 0.171. The Kier molecular flexibility index (Phi) is 3.60. The molecule has 6 heteroatoms. The minimum absolute atomic E-state index is 0.307. The molecule has 0 amide bonds. The number of nitrogens with zero attached hydrogens (tertiary/aromatic N) is 1. The molecule has 114 valence electrons. The molecule has 0 aliphatic heterocycles. The Morgan fingerprint density at radius 2 is 2.00 bits per heavy atom. The Hall–Kier alpha value is -2.01. The van der Waals surface area contributed by atoms with Gasteiger partial charge in [-0.2, -0.15) is 13.2 Å². The largest absolute Gasteiger partial charge is 0.417 e. The summed E-state index contributed by atoms with van der Waals surface area (Å²) in [6, 6.07) is 5.94. The van der Waals surface area contributed by atoms with Crippen LogP contribution in [0.4, 0.5) is 13.2 Å². The Morgan fingerprint density at radius 3 is 2.68 bits per heavy atom. The van der Waals surface area contributed by atoms with Crippen LogP contribution < -0.4 is 0 Å². The first-order chi connectivity index (χ1) is 10.4. The number of pyridine rings is 1. The highest BCUT2D eigenvalue weighted by atomic mass is 35.5. The SMILES string of the molecule is CCc1cnccc1-c1cc2cc(C(F)(F)F)c(Cl)cc2[nH]1. The molecule has 0 unspecified atom stereocenters. The number of aromatic amines is 1. The lowest BCUT2D eigenvalue weighted by atomic mass is 10.1. The summed E-state index contributed by atoms with van der Waals surface area (Å²) in [6.07, 6.45) is -0.260. The van der Waals surface area contributed by atoms with E-state index in [1.54, 1.807) is 18.5 Å². The second-order valence-electron chi connectivity index (χ2n) is 4.99. The van der Waals surface area contributed by atoms with Crippen LogP contribution in [0.2, 0.25) is 5.02 Å². The van der Waals surface area contributed by atoms with Crippen molar-refractivity contribution in [2.45, 2.75) is 19.5 Å². The predicted octanol–water partition coefficient (Wildman–Crippen LogP) is 5.46. The van der Waals surface area contributed by atoms with E-state index < -0.39 is 11.7 Å². The number of alkyl halides is 3. The number of benzene rings is 1. The number of aromatic nitrogens is 2. The molecule has 0 fully saturated rings. The molecule has 0 saturated heterocycles. The van der Waals surface area contributed by atoms with Gasteiger partial charge in [-0.05, 0) is 36.2 Å². The van der Waals surface area contributed by atoms with Crippen molar-refractivity contribution in [1.29, 1.82) is 0 Å². The molecule has 2 aromatic heterocycles. The van der Waals surface area contributed by atoms with E-state index in [0.717, 1.165) is 29.3 Å². The molecule has 0 aliphatic rings. The number of fused-ring (bicyclic) bond motifs is 1. The lowest BCUT2D eigenvalue weighted by Crippen LogP contribution is -2.05. The second kappa shape index (κ2) is 5.32. The van der Waals surface area contributed by atoms with Crippen molar-refractivity contribution in [3.05, 3.63) is 52.8 Å². The maximum Gasteiger partial charge on any atom is 0.417 e. The molecule has 3 aromatic rings. The first-order valence-corrected chi connectivity index (χ1v) is 7.10. The molecule has 1 aromatic carbocycles. The smallest absolute Gasteiger partial charge is 0.354 e. The van der Waals surface area contributed by atoms with Crippen LogP contribution in [0.25, 0.3) is 22.2 Å². The number of rotatable bonds is 2. The van der Waals surface area contributed by atoms with Gasteiger partial charge in [-0.15, -0.1) is 0 Å². The molecule has 2 heterocycles. The van der Waals surface area contributed by atoms with Crippen molar-refractivity contribution in [1.82, 2.24) is 9.97 Å². The van der Waals surface area contributed by atoms with E-state index >= 15 is 0 Å². The molecule has 0 radical (unpaired) electrons. The van der Waals surface area contributed by atoms with Crippen LogP contribution in [0.15, 0.2) is 36.7 Å². The van der Waals surface area contributed by atoms with Crippen molar-refractivity contribution in [3.63, 3.8) is 0 Å². The van der Waals surface area contributed by atoms with E-state index in [9.17, 15) is 13.2 Å². The van der Waals surface area contributed by atoms with Crippen molar-refractivity contribution in [3.8, 4) is 11.3 Å². The highest BCUT2D eigenvalue weighted by Gasteiger charge is 2.33. The fraction of sp³-hybridized carbons (Fsp3) is 0.188. The second-order valence-corrected chi connectivity index (χ2v) is 5.39. The maximum atomic E-state index is 12.9. The zero-order valence-electron chi connectivity index (χ0n) is 11.6. The Morgan fingerprint density at radius 1 is 1.23 bits per heavy atom. The van der Waals surface area contributed by atoms with Gasteiger partial charge in [0.25, 0.3) is 0 Å². The van der Waals surface area contributed by atoms with Gasteiger partial charge in [0, 0.05) is 34.6 Å². The van der Waals surface area contributed by atoms with Gasteiger partial charge in [0.1, 0.15) is 0 Å². The quantitative estimate of drug-likeness (QED) is 0.665. The van der Waals surface area contributed by atoms with Crippen molar-refractivity contribution in [2.75, 3.05) is 0 Å². The third kappa shape index (κ3) is 2.57. The van der Waals surface area contributed by atoms with Gasteiger partial charge in [-0.25, -0.2) is 0 Å². The van der Waals surface area contributed by atoms with E-state index in [0.29, 0.717) is 10.9 Å². The number of hydrogen-bond donors (Lipinski definition) is 1. The van der Waals surface area contributed by atoms with Gasteiger partial charge in [0.05, 0.1) is 10.6 Å². The molecule has 0 aliphatic carbocycles. The van der Waals surface area contributed by atoms with E-state index in [1.165, 1.54) is 6.07 Å². The number of aryl methyl sites for hydroxylation is 1. The Balaban J connectivity index is 2.18. The summed E-state index contributed by atoms with van der Waals surface area (Å²) >= 11 is 5.75. The third-order valence-corrected chi connectivity index (χ3v) is 3.90. The van der Waals surface area contributed by atoms with Gasteiger partial charge in [0.15, 0.2) is 0 Å². The molecule has 0 atom stereocenters. The van der Waals surface area contributed by atoms with Crippen LogP contribution >= 0.6 is 11.6 Å². The molecular weight excluding hydrogens is 313 g/mol. The van der Waals surface area contributed by atoms with Crippen LogP contribution in [0, 0.1) is 0 Å². The minimum atomic E-state index is -4.46. The average Bonchev–Trinajstić information content (AvgIpc) is 2.87. The van der Waals surface area contributed by atoms with Crippen molar-refractivity contribution in [2.24, 2.45) is 0 Å². The molecule has 0 spiro atoms. The fourth-order valence-corrected chi connectivity index (χ4v) is 2.76. The Bertz CT molecular complexity index is 837. The highest BCUT2D eigenvalue weighted by Crippen LogP contribution is 2.38. The van der Waals surface area contributed by atoms with Crippen LogP contribution in [0.1, 0.15) is 18.1 Å². The zero-order chi connectivity index (χ0) is 15.9. The molecular formula is C16H12ClF3N2. The number of nitrogens with one attached hydrogen (secondary N) is 1. The number of hydrogen-bond acceptors (Lipinski definition) is 1. The molecule has 22 heavy (non-hydrogen) atoms. The van der Waals surface area contributed by atoms with Crippen LogP contribution in [0.5, 0.6) is 0 Å². The number of halogens is 4. The maximum absolute atomic E-state index is 12.9. The van der Waals surface area contributed by atoms with E-state index in [1.807, 2.05) is 13.0 Å². The zero-order valence-corrected chi connectivity index (χ0v) is 12.4. The summed E-state index contributed by atoms with van der Waals surface area (Å²) in [5.74, 6) is 0. The van der Waals surface area contributed by atoms with Gasteiger partial charge < -0.3 is 4.98 Å². The summed E-state index contributed by atoms with van der Waals surface area (Å²) < 4.78 is 38.8. The summed E-state index contributed by atoms with van der Waals surface area (Å²) in [6.45, 7) is 2.00. The van der Waals surface area contributed by atoms with Gasteiger partial charge in [-0.3, -0.25) is 4.98 Å². The fourth-order valence-electron chi connectivity index (χ4n) is 2.49. The summed E-state index contributed by atoms with van der Waals surface area (Å²) in [4.78, 5) is 7.20. The van der Waals surface area contributed by atoms with Gasteiger partial charge >= 0.3 is 6.18 Å². The van der Waals surface area contributed by atoms with Crippen LogP contribution in [-0.2, 0) is 12.6 Å². The standard InChI is InChI=1S/C16H12ClF3N2/c1-2-9-8-21-4-3-11(9)15-6-10-5-12(16(18,19)20)13(17)7-14(10)22-15/h3-8,22H,2H2,1H3. The molecule has 2 nitrogen and oxygen atoms in total. The highest BCUT2D eigenvalue weighted by molar-refractivity contribution is 6.32. The average molecular weight is 325 g/mol. The van der Waals surface area contributed by atoms with E-state index in [4.69, 9.17) is 11.6 Å². The van der Waals surface area contributed by atoms with Gasteiger partial charge in [0.2, 0.25) is 0 Å². The molecule has 0 bridgehead atoms. The topological polar surface area (TPSA) is 28.7 Å². The Labute approximate surface area is 129 Å². The normalized spacial score (nSPS) is 12.0. The summed E-state index contributed by atoms with van der Waals surface area (Å²) in [7, 11) is 0. The van der Waals surface area contributed by atoms with Crippen LogP contribution in [-0.4, -0.2) is 9.97 Å². The van der Waals surface area contributed by atoms with Crippen molar-refractivity contribution < 1.29 is 13.2 Å². The number of H-pyrrole nitrogens is 1. The van der Waals surface area contributed by atoms with Crippen LogP contribution in [0.3, 0.4) is 0 Å². The summed E-state index contributed by atoms with van der Waals surface area (Å²) in [5.41, 5.74) is 2.46. The third-order valence-electron chi connectivity index (χ3n) is 3.59. The van der Waals surface area contributed by atoms with Gasteiger partial charge in [-0.1, -0.05) is 18.5 Å². The molecule has 3 rings (SSSR count). The minimum Gasteiger partial charge on any atom is -0.354 e. The first kappa shape index (κ1) is 14.9. The predicted molar refractivity (Wildman–Crippen MR) is 80.9 cm³/mol. The van der Waals surface area contributed by atoms with Crippen molar-refractivity contribution >= 4 is 22.5 Å². The monoisotopic (exact) mass is 324 g/mol. The van der Waals surface area contributed by atoms with E-state index in [-0.39, 0.29) is 5.02 Å². The molecule has 1 N–H and O–H groups in total. The first-order valence-electron chi connectivity index (χ1n) is 6.73. The lowest BCUT2D eigenvalue weighted by molar-refractivity contribution is -0.137. The lowest BCUT2D eigenvalue weighted by Gasteiger charge is -2.08. The molecule has 0 saturated carbocycles. The van der Waals surface area contributed by atoms with E-state index in [2.05, 4.69) is 9.97 Å².